The lowest BCUT2D eigenvalue weighted by atomic mass is 10.0. The van der Waals surface area contributed by atoms with E-state index in [1.807, 2.05) is 12.1 Å². The molecule has 0 atom stereocenters. The number of para-hydroxylation sites is 1. The molecule has 0 saturated heterocycles. The number of anilines is 3. The number of ether oxygens (including phenoxy) is 1. The Bertz CT molecular complexity index is 1570. The van der Waals surface area contributed by atoms with E-state index < -0.39 is 5.91 Å². The monoisotopic (exact) mass is 573 g/mol. The molecule has 3 N–H and O–H groups in total. The maximum atomic E-state index is 12.9. The van der Waals surface area contributed by atoms with Crippen molar-refractivity contribution in [3.63, 3.8) is 0 Å². The number of pyridine rings is 1. The normalized spacial score (nSPS) is 12.4. The Hall–Kier alpha value is -4.98. The number of amides is 3. The highest BCUT2D eigenvalue weighted by atomic mass is 32.1. The highest BCUT2D eigenvalue weighted by molar-refractivity contribution is 7.09. The van der Waals surface area contributed by atoms with Crippen molar-refractivity contribution in [2.45, 2.75) is 19.4 Å². The lowest BCUT2D eigenvalue weighted by Crippen LogP contribution is -2.26. The zero-order chi connectivity index (χ0) is 28.9. The molecule has 0 aliphatic heterocycles. The van der Waals surface area contributed by atoms with Crippen molar-refractivity contribution >= 4 is 46.3 Å². The van der Waals surface area contributed by atoms with E-state index in [0.29, 0.717) is 34.8 Å². The molecule has 1 aliphatic carbocycles. The summed E-state index contributed by atoms with van der Waals surface area (Å²) in [4.78, 5) is 43.6. The molecule has 0 radical (unpaired) electrons. The van der Waals surface area contributed by atoms with Gasteiger partial charge < -0.3 is 25.6 Å². The zero-order valence-corrected chi connectivity index (χ0v) is 23.4. The van der Waals surface area contributed by atoms with Crippen LogP contribution >= 0.6 is 11.3 Å². The van der Waals surface area contributed by atoms with Crippen LogP contribution in [0, 0.1) is 5.92 Å². The summed E-state index contributed by atoms with van der Waals surface area (Å²) in [5.41, 5.74) is 4.24. The van der Waals surface area contributed by atoms with Gasteiger partial charge in [-0.25, -0.2) is 0 Å². The van der Waals surface area contributed by atoms with Crippen molar-refractivity contribution in [1.82, 2.24) is 35.6 Å². The summed E-state index contributed by atoms with van der Waals surface area (Å²) in [6.45, 7) is 0.336. The third kappa shape index (κ3) is 6.27. The van der Waals surface area contributed by atoms with Gasteiger partial charge in [0.15, 0.2) is 11.5 Å². The molecule has 41 heavy (non-hydrogen) atoms. The average Bonchev–Trinajstić information content (AvgIpc) is 3.73. The Morgan fingerprint density at radius 3 is 2.59 bits per heavy atom. The Balaban J connectivity index is 1.40. The molecule has 1 saturated carbocycles. The van der Waals surface area contributed by atoms with Gasteiger partial charge in [0.05, 0.1) is 25.0 Å². The standard InChI is InChI=1S/C27H27N9O4S/c1-28-26(38)23-20(11-21(33-35-23)32-25(37)15-7-8-15)31-18-6-4-5-17(24(18)40-3)16-9-10-19(29-12-16)27(39)36(2)13-22-34-30-14-41-22/h4-6,9-12,14-15H,7-8,13H2,1-3H3,(H,28,38)(H2,31,32,33,37). The molecule has 3 heterocycles. The average molecular weight is 574 g/mol. The van der Waals surface area contributed by atoms with E-state index in [1.54, 1.807) is 43.0 Å². The van der Waals surface area contributed by atoms with E-state index in [1.165, 1.54) is 30.4 Å². The van der Waals surface area contributed by atoms with Gasteiger partial charge in [-0.1, -0.05) is 18.2 Å². The van der Waals surface area contributed by atoms with Crippen LogP contribution in [0.15, 0.2) is 48.1 Å². The fourth-order valence-corrected chi connectivity index (χ4v) is 4.63. The summed E-state index contributed by atoms with van der Waals surface area (Å²) in [6, 6.07) is 10.5. The molecule has 210 valence electrons. The molecule has 0 spiro atoms. The fraction of sp³-hybridized carbons (Fsp3) is 0.259. The maximum absolute atomic E-state index is 12.9. The van der Waals surface area contributed by atoms with Crippen molar-refractivity contribution in [2.24, 2.45) is 5.92 Å². The SMILES string of the molecule is CNC(=O)c1nnc(NC(=O)C2CC2)cc1Nc1cccc(-c2ccc(C(=O)N(C)Cc3nncs3)nc2)c1OC. The number of hydrogen-bond acceptors (Lipinski definition) is 11. The van der Waals surface area contributed by atoms with Crippen molar-refractivity contribution in [2.75, 3.05) is 31.8 Å². The minimum Gasteiger partial charge on any atom is -0.494 e. The van der Waals surface area contributed by atoms with Crippen LogP contribution in [0.25, 0.3) is 11.1 Å². The highest BCUT2D eigenvalue weighted by Crippen LogP contribution is 2.38. The smallest absolute Gasteiger partial charge is 0.273 e. The molecule has 4 aromatic rings. The predicted molar refractivity (Wildman–Crippen MR) is 152 cm³/mol. The number of methoxy groups -OCH3 is 1. The number of benzene rings is 1. The molecule has 5 rings (SSSR count). The summed E-state index contributed by atoms with van der Waals surface area (Å²) in [6.07, 6.45) is 3.29. The molecule has 3 amide bonds. The molecule has 3 aromatic heterocycles. The third-order valence-corrected chi connectivity index (χ3v) is 7.02. The van der Waals surface area contributed by atoms with Gasteiger partial charge in [0.25, 0.3) is 11.8 Å². The number of nitrogens with one attached hydrogen (secondary N) is 3. The van der Waals surface area contributed by atoms with Crippen molar-refractivity contribution < 1.29 is 19.1 Å². The van der Waals surface area contributed by atoms with Gasteiger partial charge in [-0.15, -0.1) is 31.7 Å². The van der Waals surface area contributed by atoms with E-state index >= 15 is 0 Å². The predicted octanol–water partition coefficient (Wildman–Crippen LogP) is 3.12. The first kappa shape index (κ1) is 27.6. The minimum atomic E-state index is -0.448. The Kier molecular flexibility index (Phi) is 8.10. The van der Waals surface area contributed by atoms with Crippen LogP contribution in [0.3, 0.4) is 0 Å². The minimum absolute atomic E-state index is 0.0189. The first-order valence-corrected chi connectivity index (χ1v) is 13.6. The zero-order valence-electron chi connectivity index (χ0n) is 22.5. The molecule has 0 unspecified atom stereocenters. The summed E-state index contributed by atoms with van der Waals surface area (Å²) in [5.74, 6) is -0.132. The van der Waals surface area contributed by atoms with E-state index in [-0.39, 0.29) is 34.9 Å². The number of hydrogen-bond donors (Lipinski definition) is 3. The van der Waals surface area contributed by atoms with Crippen LogP contribution in [0.4, 0.5) is 17.2 Å². The Morgan fingerprint density at radius 2 is 1.93 bits per heavy atom. The Labute approximate surface area is 239 Å². The molecule has 1 fully saturated rings. The highest BCUT2D eigenvalue weighted by Gasteiger charge is 2.30. The van der Waals surface area contributed by atoms with Crippen LogP contribution in [-0.2, 0) is 11.3 Å². The second-order valence-electron chi connectivity index (χ2n) is 9.27. The van der Waals surface area contributed by atoms with E-state index in [4.69, 9.17) is 4.74 Å². The van der Waals surface area contributed by atoms with E-state index in [2.05, 4.69) is 41.3 Å². The van der Waals surface area contributed by atoms with E-state index in [0.717, 1.165) is 17.8 Å². The van der Waals surface area contributed by atoms with Crippen LogP contribution in [-0.4, -0.2) is 69.2 Å². The topological polar surface area (TPSA) is 164 Å². The van der Waals surface area contributed by atoms with Crippen molar-refractivity contribution in [3.05, 3.63) is 64.5 Å². The lowest BCUT2D eigenvalue weighted by molar-refractivity contribution is -0.117. The number of carbonyl (C=O) groups excluding carboxylic acids is 3. The summed E-state index contributed by atoms with van der Waals surface area (Å²) < 4.78 is 5.76. The second kappa shape index (κ2) is 12.0. The van der Waals surface area contributed by atoms with Gasteiger partial charge in [-0.05, 0) is 25.0 Å². The molecule has 0 bridgehead atoms. The van der Waals surface area contributed by atoms with Crippen LogP contribution in [0.5, 0.6) is 5.75 Å². The summed E-state index contributed by atoms with van der Waals surface area (Å²) >= 11 is 1.38. The molecular weight excluding hydrogens is 546 g/mol. The second-order valence-corrected chi connectivity index (χ2v) is 10.2. The number of rotatable bonds is 10. The molecular formula is C27H27N9O4S. The van der Waals surface area contributed by atoms with Crippen molar-refractivity contribution in [1.29, 1.82) is 0 Å². The molecule has 14 heteroatoms. The first-order valence-electron chi connectivity index (χ1n) is 12.7. The fourth-order valence-electron chi connectivity index (χ4n) is 4.05. The number of carbonyl (C=O) groups is 3. The Morgan fingerprint density at radius 1 is 1.10 bits per heavy atom. The molecule has 1 aromatic carbocycles. The van der Waals surface area contributed by atoms with E-state index in [9.17, 15) is 14.4 Å². The molecule has 1 aliphatic rings. The summed E-state index contributed by atoms with van der Waals surface area (Å²) in [5, 5.41) is 25.1. The first-order chi connectivity index (χ1) is 19.9. The quantitative estimate of drug-likeness (QED) is 0.257. The molecule has 13 nitrogen and oxygen atoms in total. The van der Waals surface area contributed by atoms with Gasteiger partial charge in [0.2, 0.25) is 5.91 Å². The van der Waals surface area contributed by atoms with Gasteiger partial charge in [0, 0.05) is 43.4 Å². The maximum Gasteiger partial charge on any atom is 0.273 e. The van der Waals surface area contributed by atoms with Gasteiger partial charge in [-0.2, -0.15) is 0 Å². The van der Waals surface area contributed by atoms with Crippen LogP contribution in [0.2, 0.25) is 0 Å². The van der Waals surface area contributed by atoms with Crippen LogP contribution in [0.1, 0.15) is 38.8 Å². The lowest BCUT2D eigenvalue weighted by Gasteiger charge is -2.17. The third-order valence-electron chi connectivity index (χ3n) is 6.34. The van der Waals surface area contributed by atoms with Gasteiger partial charge in [0.1, 0.15) is 22.0 Å². The van der Waals surface area contributed by atoms with Gasteiger partial charge in [-0.3, -0.25) is 19.4 Å². The summed E-state index contributed by atoms with van der Waals surface area (Å²) in [7, 11) is 4.71. The van der Waals surface area contributed by atoms with Crippen molar-refractivity contribution in [3.8, 4) is 16.9 Å². The number of aromatic nitrogens is 5. The van der Waals surface area contributed by atoms with Crippen LogP contribution < -0.4 is 20.7 Å². The largest absolute Gasteiger partial charge is 0.494 e. The number of nitrogens with zero attached hydrogens (tertiary/aromatic N) is 6. The van der Waals surface area contributed by atoms with Gasteiger partial charge >= 0.3 is 0 Å².